The second-order valence-corrected chi connectivity index (χ2v) is 8.76. The number of halogens is 2. The van der Waals surface area contributed by atoms with E-state index in [4.69, 9.17) is 16.3 Å². The van der Waals surface area contributed by atoms with Crippen molar-refractivity contribution >= 4 is 23.3 Å². The number of anilines is 1. The molecule has 0 unspecified atom stereocenters. The summed E-state index contributed by atoms with van der Waals surface area (Å²) in [4.78, 5) is 25.1. The zero-order valence-corrected chi connectivity index (χ0v) is 17.7. The fourth-order valence-electron chi connectivity index (χ4n) is 3.18. The third-order valence-corrected chi connectivity index (χ3v) is 4.88. The molecule has 1 aromatic carbocycles. The van der Waals surface area contributed by atoms with Crippen molar-refractivity contribution in [2.75, 3.05) is 31.1 Å². The molecule has 8 heteroatoms. The molecule has 0 N–H and O–H groups in total. The summed E-state index contributed by atoms with van der Waals surface area (Å²) in [5.41, 5.74) is -0.0226. The summed E-state index contributed by atoms with van der Waals surface area (Å²) in [6.45, 7) is 9.10. The molecule has 1 saturated heterocycles. The van der Waals surface area contributed by atoms with E-state index in [1.165, 1.54) is 24.5 Å². The first kappa shape index (κ1) is 21.3. The highest BCUT2D eigenvalue weighted by Gasteiger charge is 2.24. The molecule has 156 valence electrons. The van der Waals surface area contributed by atoms with Crippen LogP contribution in [0.4, 0.5) is 10.2 Å². The molecule has 2 heterocycles. The molecule has 0 aliphatic carbocycles. The maximum Gasteiger partial charge on any atom is 0.224 e. The Bertz CT molecular complexity index is 872. The van der Waals surface area contributed by atoms with E-state index in [9.17, 15) is 9.18 Å². The lowest BCUT2D eigenvalue weighted by atomic mass is 9.91. The lowest BCUT2D eigenvalue weighted by Crippen LogP contribution is -2.37. The van der Waals surface area contributed by atoms with E-state index in [-0.39, 0.29) is 16.3 Å². The summed E-state index contributed by atoms with van der Waals surface area (Å²) in [6.07, 6.45) is 2.84. The van der Waals surface area contributed by atoms with Crippen molar-refractivity contribution < 1.29 is 13.9 Å². The van der Waals surface area contributed by atoms with E-state index < -0.39 is 5.82 Å². The summed E-state index contributed by atoms with van der Waals surface area (Å²) in [7, 11) is 0. The Morgan fingerprint density at radius 2 is 1.97 bits per heavy atom. The fourth-order valence-corrected chi connectivity index (χ4v) is 3.35. The van der Waals surface area contributed by atoms with Crippen LogP contribution in [0.25, 0.3) is 0 Å². The smallest absolute Gasteiger partial charge is 0.224 e. The van der Waals surface area contributed by atoms with E-state index in [0.717, 1.165) is 25.3 Å². The molecule has 0 atom stereocenters. The number of hydrogen-bond donors (Lipinski definition) is 0. The van der Waals surface area contributed by atoms with Crippen LogP contribution in [0.1, 0.15) is 33.6 Å². The normalized spacial score (nSPS) is 15.2. The molecule has 0 bridgehead atoms. The van der Waals surface area contributed by atoms with Gasteiger partial charge >= 0.3 is 0 Å². The van der Waals surface area contributed by atoms with Gasteiger partial charge < -0.3 is 14.5 Å². The van der Waals surface area contributed by atoms with Gasteiger partial charge in [0.2, 0.25) is 11.8 Å². The zero-order chi connectivity index (χ0) is 21.0. The maximum absolute atomic E-state index is 13.3. The Morgan fingerprint density at radius 3 is 2.69 bits per heavy atom. The lowest BCUT2D eigenvalue weighted by molar-refractivity contribution is -0.132. The van der Waals surface area contributed by atoms with Crippen molar-refractivity contribution in [3.05, 3.63) is 41.4 Å². The molecule has 1 amide bonds. The predicted molar refractivity (Wildman–Crippen MR) is 111 cm³/mol. The van der Waals surface area contributed by atoms with Crippen molar-refractivity contribution in [1.82, 2.24) is 14.9 Å². The Balaban J connectivity index is 1.66. The van der Waals surface area contributed by atoms with Gasteiger partial charge in [0.15, 0.2) is 0 Å². The van der Waals surface area contributed by atoms with Gasteiger partial charge in [0.05, 0.1) is 5.02 Å². The highest BCUT2D eigenvalue weighted by atomic mass is 35.5. The van der Waals surface area contributed by atoms with E-state index >= 15 is 0 Å². The number of aromatic nitrogens is 2. The van der Waals surface area contributed by atoms with Gasteiger partial charge in [-0.25, -0.2) is 14.4 Å². The number of carbonyl (C=O) groups excluding carboxylic acids is 1. The Kier molecular flexibility index (Phi) is 6.57. The average Bonchev–Trinajstić information content (AvgIpc) is 2.90. The van der Waals surface area contributed by atoms with Gasteiger partial charge in [0.1, 0.15) is 23.7 Å². The fraction of sp³-hybridized carbons (Fsp3) is 0.476. The molecular weight excluding hydrogens is 395 g/mol. The third-order valence-electron chi connectivity index (χ3n) is 4.60. The first-order valence-electron chi connectivity index (χ1n) is 9.69. The molecule has 0 spiro atoms. The predicted octanol–water partition coefficient (Wildman–Crippen LogP) is 4.54. The number of hydrogen-bond acceptors (Lipinski definition) is 5. The Morgan fingerprint density at radius 1 is 1.17 bits per heavy atom. The number of benzene rings is 1. The van der Waals surface area contributed by atoms with Crippen LogP contribution in [0.5, 0.6) is 11.6 Å². The number of nitrogens with zero attached hydrogens (tertiary/aromatic N) is 4. The van der Waals surface area contributed by atoms with Crippen LogP contribution >= 0.6 is 11.6 Å². The van der Waals surface area contributed by atoms with Crippen LogP contribution in [0.3, 0.4) is 0 Å². The van der Waals surface area contributed by atoms with Crippen molar-refractivity contribution in [1.29, 1.82) is 0 Å². The van der Waals surface area contributed by atoms with E-state index in [1.807, 2.05) is 4.90 Å². The van der Waals surface area contributed by atoms with Crippen LogP contribution in [-0.4, -0.2) is 47.0 Å². The highest BCUT2D eigenvalue weighted by molar-refractivity contribution is 6.30. The zero-order valence-electron chi connectivity index (χ0n) is 17.0. The summed E-state index contributed by atoms with van der Waals surface area (Å²) >= 11 is 5.80. The third kappa shape index (κ3) is 6.03. The van der Waals surface area contributed by atoms with Gasteiger partial charge in [-0.3, -0.25) is 4.79 Å². The van der Waals surface area contributed by atoms with Gasteiger partial charge in [-0.1, -0.05) is 32.4 Å². The maximum atomic E-state index is 13.3. The first-order valence-corrected chi connectivity index (χ1v) is 10.1. The van der Waals surface area contributed by atoms with Crippen LogP contribution in [0.2, 0.25) is 5.02 Å². The molecule has 1 aliphatic rings. The molecule has 6 nitrogen and oxygen atoms in total. The molecular formula is C21H26ClFN4O2. The Labute approximate surface area is 175 Å². The molecule has 0 saturated carbocycles. The Hall–Kier alpha value is -2.41. The first-order chi connectivity index (χ1) is 13.7. The minimum atomic E-state index is -0.502. The number of ether oxygens (including phenoxy) is 1. The second kappa shape index (κ2) is 8.95. The van der Waals surface area contributed by atoms with E-state index in [0.29, 0.717) is 31.1 Å². The van der Waals surface area contributed by atoms with Gasteiger partial charge in [0.25, 0.3) is 0 Å². The van der Waals surface area contributed by atoms with Crippen LogP contribution in [-0.2, 0) is 4.79 Å². The summed E-state index contributed by atoms with van der Waals surface area (Å²) in [5, 5.41) is -0.00990. The van der Waals surface area contributed by atoms with Crippen LogP contribution < -0.4 is 9.64 Å². The number of amides is 1. The summed E-state index contributed by atoms with van der Waals surface area (Å²) in [6, 6.07) is 5.89. The molecule has 1 aromatic heterocycles. The summed E-state index contributed by atoms with van der Waals surface area (Å²) < 4.78 is 19.0. The summed E-state index contributed by atoms with van der Waals surface area (Å²) in [5.74, 6) is 1.17. The molecule has 3 rings (SSSR count). The second-order valence-electron chi connectivity index (χ2n) is 8.35. The molecule has 1 fully saturated rings. The molecule has 29 heavy (non-hydrogen) atoms. The number of rotatable bonds is 4. The van der Waals surface area contributed by atoms with Gasteiger partial charge in [-0.15, -0.1) is 0 Å². The number of carbonyl (C=O) groups is 1. The highest BCUT2D eigenvalue weighted by Crippen LogP contribution is 2.27. The van der Waals surface area contributed by atoms with E-state index in [2.05, 4.69) is 35.6 Å². The molecule has 0 radical (unpaired) electrons. The van der Waals surface area contributed by atoms with Crippen molar-refractivity contribution in [3.8, 4) is 11.6 Å². The van der Waals surface area contributed by atoms with Gasteiger partial charge in [0, 0.05) is 44.7 Å². The van der Waals surface area contributed by atoms with Crippen molar-refractivity contribution in [3.63, 3.8) is 0 Å². The lowest BCUT2D eigenvalue weighted by Gasteiger charge is -2.26. The molecule has 2 aromatic rings. The van der Waals surface area contributed by atoms with Gasteiger partial charge in [-0.2, -0.15) is 0 Å². The quantitative estimate of drug-likeness (QED) is 0.726. The van der Waals surface area contributed by atoms with E-state index in [1.54, 1.807) is 6.07 Å². The molecule has 1 aliphatic heterocycles. The average molecular weight is 421 g/mol. The largest absolute Gasteiger partial charge is 0.439 e. The van der Waals surface area contributed by atoms with Gasteiger partial charge in [-0.05, 0) is 24.0 Å². The van der Waals surface area contributed by atoms with Crippen LogP contribution in [0.15, 0.2) is 30.6 Å². The van der Waals surface area contributed by atoms with Crippen molar-refractivity contribution in [2.45, 2.75) is 33.6 Å². The van der Waals surface area contributed by atoms with Crippen molar-refractivity contribution in [2.24, 2.45) is 5.41 Å². The topological polar surface area (TPSA) is 58.6 Å². The monoisotopic (exact) mass is 420 g/mol. The minimum absolute atomic E-state index is 0.00990. The van der Waals surface area contributed by atoms with Crippen LogP contribution in [0, 0.1) is 11.2 Å². The minimum Gasteiger partial charge on any atom is -0.439 e. The SMILES string of the molecule is CC(C)(C)CC(=O)N1CCCN(c2cc(Oc3ccc(F)c(Cl)c3)ncn2)CC1. The standard InChI is InChI=1S/C21H26ClFN4O2/c1-21(2,3)13-20(28)27-8-4-7-26(9-10-27)18-12-19(25-14-24-18)29-15-5-6-17(23)16(22)11-15/h5-6,11-12,14H,4,7-10,13H2,1-3H3.